The van der Waals surface area contributed by atoms with Gasteiger partial charge in [0, 0.05) is 19.3 Å². The molecule has 1 N–H and O–H groups in total. The van der Waals surface area contributed by atoms with Crippen molar-refractivity contribution in [2.75, 3.05) is 13.1 Å². The van der Waals surface area contributed by atoms with E-state index in [1.165, 1.54) is 6.20 Å². The van der Waals surface area contributed by atoms with Gasteiger partial charge in [-0.15, -0.1) is 0 Å². The van der Waals surface area contributed by atoms with Crippen molar-refractivity contribution in [2.45, 2.75) is 18.9 Å². The van der Waals surface area contributed by atoms with E-state index in [9.17, 15) is 4.79 Å². The summed E-state index contributed by atoms with van der Waals surface area (Å²) in [5.74, 6) is -0.0781. The van der Waals surface area contributed by atoms with E-state index in [2.05, 4.69) is 20.5 Å². The van der Waals surface area contributed by atoms with Crippen LogP contribution in [0.1, 0.15) is 29.4 Å². The summed E-state index contributed by atoms with van der Waals surface area (Å²) in [6.07, 6.45) is 6.63. The lowest BCUT2D eigenvalue weighted by atomic mass is 10.1. The smallest absolute Gasteiger partial charge is 0.276 e. The maximum atomic E-state index is 12.1. The van der Waals surface area contributed by atoms with Gasteiger partial charge in [-0.2, -0.15) is 20.5 Å². The number of hydrogen-bond acceptors (Lipinski definition) is 4. The number of rotatable bonds is 2. The lowest BCUT2D eigenvalue weighted by Gasteiger charge is -2.31. The maximum absolute atomic E-state index is 12.1. The van der Waals surface area contributed by atoms with E-state index in [0.29, 0.717) is 29.8 Å². The molecule has 1 fully saturated rings. The van der Waals surface area contributed by atoms with Gasteiger partial charge in [-0.3, -0.25) is 9.48 Å². The molecule has 19 heavy (non-hydrogen) atoms. The molecule has 0 radical (unpaired) electrons. The van der Waals surface area contributed by atoms with Crippen LogP contribution >= 0.6 is 11.6 Å². The predicted octanol–water partition coefficient (Wildman–Crippen LogP) is 1.13. The summed E-state index contributed by atoms with van der Waals surface area (Å²) in [6, 6.07) is 0.300. The van der Waals surface area contributed by atoms with E-state index in [1.807, 2.05) is 10.9 Å². The Morgan fingerprint density at radius 1 is 1.37 bits per heavy atom. The van der Waals surface area contributed by atoms with Gasteiger partial charge in [0.15, 0.2) is 5.69 Å². The fourth-order valence-electron chi connectivity index (χ4n) is 2.31. The number of piperidine rings is 1. The number of likely N-dealkylation sites (tertiary alicyclic amines) is 1. The standard InChI is InChI=1S/C11H13ClN6O/c12-8-5-14-18(7-8)9-1-3-17(4-2-9)11(19)10-6-13-16-15-10/h5-7,9H,1-4H2,(H,13,15,16). The third kappa shape index (κ3) is 2.46. The topological polar surface area (TPSA) is 79.7 Å². The van der Waals surface area contributed by atoms with Crippen LogP contribution in [-0.4, -0.2) is 49.1 Å². The summed E-state index contributed by atoms with van der Waals surface area (Å²) in [5, 5.41) is 14.8. The van der Waals surface area contributed by atoms with Crippen LogP contribution in [0.15, 0.2) is 18.6 Å². The number of carbonyl (C=O) groups is 1. The number of aromatic amines is 1. The second-order valence-corrected chi connectivity index (χ2v) is 4.95. The quantitative estimate of drug-likeness (QED) is 0.894. The molecule has 1 saturated heterocycles. The Bertz CT molecular complexity index is 558. The van der Waals surface area contributed by atoms with Gasteiger partial charge in [0.05, 0.1) is 23.5 Å². The molecular weight excluding hydrogens is 268 g/mol. The van der Waals surface area contributed by atoms with Crippen LogP contribution in [0.3, 0.4) is 0 Å². The molecule has 7 nitrogen and oxygen atoms in total. The first-order valence-corrected chi connectivity index (χ1v) is 6.46. The second kappa shape index (κ2) is 5.00. The summed E-state index contributed by atoms with van der Waals surface area (Å²) < 4.78 is 1.88. The average Bonchev–Trinajstić information content (AvgIpc) is 3.09. The Balaban J connectivity index is 1.62. The van der Waals surface area contributed by atoms with Crippen LogP contribution in [-0.2, 0) is 0 Å². The molecule has 2 aromatic heterocycles. The summed E-state index contributed by atoms with van der Waals surface area (Å²) in [5.41, 5.74) is 0.362. The van der Waals surface area contributed by atoms with Crippen LogP contribution in [0.2, 0.25) is 5.02 Å². The molecule has 3 rings (SSSR count). The van der Waals surface area contributed by atoms with Gasteiger partial charge in [-0.25, -0.2) is 0 Å². The van der Waals surface area contributed by atoms with Crippen molar-refractivity contribution in [1.29, 1.82) is 0 Å². The number of H-pyrrole nitrogens is 1. The van der Waals surface area contributed by atoms with Crippen molar-refractivity contribution in [3.8, 4) is 0 Å². The van der Waals surface area contributed by atoms with Gasteiger partial charge < -0.3 is 4.90 Å². The summed E-state index contributed by atoms with van der Waals surface area (Å²) in [4.78, 5) is 13.9. The van der Waals surface area contributed by atoms with Crippen molar-refractivity contribution in [3.05, 3.63) is 29.3 Å². The van der Waals surface area contributed by atoms with Crippen molar-refractivity contribution in [3.63, 3.8) is 0 Å². The molecule has 100 valence electrons. The Morgan fingerprint density at radius 3 is 2.74 bits per heavy atom. The van der Waals surface area contributed by atoms with E-state index >= 15 is 0 Å². The zero-order valence-electron chi connectivity index (χ0n) is 10.2. The highest BCUT2D eigenvalue weighted by molar-refractivity contribution is 6.30. The fraction of sp³-hybridized carbons (Fsp3) is 0.455. The first-order valence-electron chi connectivity index (χ1n) is 6.09. The third-order valence-corrected chi connectivity index (χ3v) is 3.53. The zero-order chi connectivity index (χ0) is 13.2. The molecule has 8 heteroatoms. The maximum Gasteiger partial charge on any atom is 0.276 e. The molecular formula is C11H13ClN6O. The fourth-order valence-corrected chi connectivity index (χ4v) is 2.46. The predicted molar refractivity (Wildman–Crippen MR) is 67.8 cm³/mol. The lowest BCUT2D eigenvalue weighted by Crippen LogP contribution is -2.39. The van der Waals surface area contributed by atoms with Crippen molar-refractivity contribution >= 4 is 17.5 Å². The van der Waals surface area contributed by atoms with Crippen molar-refractivity contribution in [1.82, 2.24) is 30.1 Å². The zero-order valence-corrected chi connectivity index (χ0v) is 10.9. The Labute approximate surface area is 114 Å². The molecule has 0 bridgehead atoms. The highest BCUT2D eigenvalue weighted by Gasteiger charge is 2.26. The van der Waals surface area contributed by atoms with Crippen molar-refractivity contribution in [2.24, 2.45) is 0 Å². The number of carbonyl (C=O) groups excluding carboxylic acids is 1. The van der Waals surface area contributed by atoms with Crippen molar-refractivity contribution < 1.29 is 4.79 Å². The van der Waals surface area contributed by atoms with Gasteiger partial charge >= 0.3 is 0 Å². The molecule has 3 heterocycles. The SMILES string of the molecule is O=C(c1cn[nH]n1)N1CCC(n2cc(Cl)cn2)CC1. The number of nitrogens with zero attached hydrogens (tertiary/aromatic N) is 5. The lowest BCUT2D eigenvalue weighted by molar-refractivity contribution is 0.0684. The van der Waals surface area contributed by atoms with Crippen LogP contribution < -0.4 is 0 Å². The van der Waals surface area contributed by atoms with Crippen LogP contribution in [0.5, 0.6) is 0 Å². The summed E-state index contributed by atoms with van der Waals surface area (Å²) in [6.45, 7) is 1.38. The van der Waals surface area contributed by atoms with Crippen LogP contribution in [0, 0.1) is 0 Å². The molecule has 0 unspecified atom stereocenters. The van der Waals surface area contributed by atoms with Gasteiger partial charge in [0.2, 0.25) is 0 Å². The minimum absolute atomic E-state index is 0.0781. The van der Waals surface area contributed by atoms with Crippen LogP contribution in [0.4, 0.5) is 0 Å². The molecule has 0 saturated carbocycles. The number of hydrogen-bond donors (Lipinski definition) is 1. The van der Waals surface area contributed by atoms with E-state index < -0.39 is 0 Å². The van der Waals surface area contributed by atoms with Gasteiger partial charge in [0.25, 0.3) is 5.91 Å². The largest absolute Gasteiger partial charge is 0.337 e. The monoisotopic (exact) mass is 280 g/mol. The van der Waals surface area contributed by atoms with Gasteiger partial charge in [-0.05, 0) is 12.8 Å². The second-order valence-electron chi connectivity index (χ2n) is 4.52. The number of amides is 1. The number of halogens is 1. The Morgan fingerprint density at radius 2 is 2.16 bits per heavy atom. The van der Waals surface area contributed by atoms with Crippen LogP contribution in [0.25, 0.3) is 0 Å². The average molecular weight is 281 g/mol. The van der Waals surface area contributed by atoms with E-state index in [1.54, 1.807) is 11.1 Å². The van der Waals surface area contributed by atoms with E-state index in [4.69, 9.17) is 11.6 Å². The molecule has 0 spiro atoms. The summed E-state index contributed by atoms with van der Waals surface area (Å²) >= 11 is 5.86. The third-order valence-electron chi connectivity index (χ3n) is 3.33. The van der Waals surface area contributed by atoms with E-state index in [0.717, 1.165) is 12.8 Å². The molecule has 0 atom stereocenters. The van der Waals surface area contributed by atoms with Gasteiger partial charge in [-0.1, -0.05) is 11.6 Å². The molecule has 1 aliphatic heterocycles. The molecule has 0 aromatic carbocycles. The first kappa shape index (κ1) is 12.2. The molecule has 1 aliphatic rings. The first-order chi connectivity index (χ1) is 9.24. The summed E-state index contributed by atoms with van der Waals surface area (Å²) in [7, 11) is 0. The normalized spacial score (nSPS) is 16.8. The number of nitrogens with one attached hydrogen (secondary N) is 1. The highest BCUT2D eigenvalue weighted by atomic mass is 35.5. The molecule has 0 aliphatic carbocycles. The number of aromatic nitrogens is 5. The minimum Gasteiger partial charge on any atom is -0.337 e. The Kier molecular flexibility index (Phi) is 3.20. The minimum atomic E-state index is -0.0781. The van der Waals surface area contributed by atoms with E-state index in [-0.39, 0.29) is 5.91 Å². The Hall–Kier alpha value is -1.89. The van der Waals surface area contributed by atoms with Gasteiger partial charge in [0.1, 0.15) is 0 Å². The molecule has 1 amide bonds. The molecule has 2 aromatic rings. The highest BCUT2D eigenvalue weighted by Crippen LogP contribution is 2.23.